The highest BCUT2D eigenvalue weighted by Crippen LogP contribution is 2.44. The highest BCUT2D eigenvalue weighted by atomic mass is 16.6. The second-order valence-electron chi connectivity index (χ2n) is 9.76. The molecule has 1 atom stereocenters. The van der Waals surface area contributed by atoms with Crippen molar-refractivity contribution in [2.75, 3.05) is 0 Å². The third-order valence-electron chi connectivity index (χ3n) is 4.78. The number of hydrogen-bond donors (Lipinski definition) is 0. The van der Waals surface area contributed by atoms with Crippen LogP contribution in [-0.2, 0) is 25.5 Å². The fourth-order valence-electron chi connectivity index (χ4n) is 3.53. The van der Waals surface area contributed by atoms with Gasteiger partial charge in [0.05, 0.1) is 0 Å². The molecule has 0 aliphatic heterocycles. The standard InChI is InChI=1S/C27H34O4/c1-8-22(21-17-13-10-14-18-21)27(23(28)30-25(2,3)4,24(29)31-26(5,6)7)19-20-15-11-9-12-16-20/h8-18,22H,1,19H2,2-7H3. The second-order valence-corrected chi connectivity index (χ2v) is 9.76. The number of benzene rings is 2. The van der Waals surface area contributed by atoms with Gasteiger partial charge in [-0.3, -0.25) is 9.59 Å². The average Bonchev–Trinajstić information content (AvgIpc) is 2.66. The highest BCUT2D eigenvalue weighted by molar-refractivity contribution is 6.02. The number of ether oxygens (including phenoxy) is 2. The van der Waals surface area contributed by atoms with Crippen LogP contribution in [-0.4, -0.2) is 23.1 Å². The quantitative estimate of drug-likeness (QED) is 0.318. The van der Waals surface area contributed by atoms with E-state index in [-0.39, 0.29) is 6.42 Å². The molecule has 0 amide bonds. The number of hydrogen-bond acceptors (Lipinski definition) is 4. The van der Waals surface area contributed by atoms with Crippen molar-refractivity contribution in [1.29, 1.82) is 0 Å². The van der Waals surface area contributed by atoms with E-state index >= 15 is 0 Å². The Bertz CT molecular complexity index is 858. The van der Waals surface area contributed by atoms with Crippen molar-refractivity contribution in [1.82, 2.24) is 0 Å². The van der Waals surface area contributed by atoms with E-state index in [2.05, 4.69) is 6.58 Å². The monoisotopic (exact) mass is 422 g/mol. The molecule has 0 heterocycles. The van der Waals surface area contributed by atoms with Gasteiger partial charge in [0.2, 0.25) is 0 Å². The maximum absolute atomic E-state index is 13.8. The lowest BCUT2D eigenvalue weighted by Gasteiger charge is -2.39. The molecular weight excluding hydrogens is 388 g/mol. The van der Waals surface area contributed by atoms with Crippen molar-refractivity contribution in [3.8, 4) is 0 Å². The first-order chi connectivity index (χ1) is 14.4. The van der Waals surface area contributed by atoms with E-state index in [1.807, 2.05) is 60.7 Å². The van der Waals surface area contributed by atoms with Crippen molar-refractivity contribution in [3.63, 3.8) is 0 Å². The molecule has 1 unspecified atom stereocenters. The lowest BCUT2D eigenvalue weighted by atomic mass is 9.68. The van der Waals surface area contributed by atoms with E-state index in [0.29, 0.717) is 0 Å². The molecular formula is C27H34O4. The zero-order chi connectivity index (χ0) is 23.3. The van der Waals surface area contributed by atoms with Crippen LogP contribution in [0.4, 0.5) is 0 Å². The Hall–Kier alpha value is -2.88. The Balaban J connectivity index is 2.76. The molecule has 0 saturated carbocycles. The normalized spacial score (nSPS) is 13.2. The van der Waals surface area contributed by atoms with Crippen molar-refractivity contribution in [3.05, 3.63) is 84.4 Å². The minimum absolute atomic E-state index is 0.128. The van der Waals surface area contributed by atoms with Gasteiger partial charge in [0, 0.05) is 12.3 Å². The molecule has 166 valence electrons. The van der Waals surface area contributed by atoms with Crippen LogP contribution in [0.2, 0.25) is 0 Å². The summed E-state index contributed by atoms with van der Waals surface area (Å²) in [5.74, 6) is -1.88. The Morgan fingerprint density at radius 1 is 0.806 bits per heavy atom. The SMILES string of the molecule is C=CC(c1ccccc1)C(Cc1ccccc1)(C(=O)OC(C)(C)C)C(=O)OC(C)(C)C. The summed E-state index contributed by atoms with van der Waals surface area (Å²) in [5, 5.41) is 0. The Kier molecular flexibility index (Phi) is 7.48. The number of carbonyl (C=O) groups is 2. The minimum Gasteiger partial charge on any atom is -0.459 e. The molecule has 0 aliphatic rings. The molecule has 2 aromatic carbocycles. The van der Waals surface area contributed by atoms with Crippen LogP contribution in [0, 0.1) is 5.41 Å². The van der Waals surface area contributed by atoms with Gasteiger partial charge in [-0.25, -0.2) is 0 Å². The van der Waals surface area contributed by atoms with Crippen LogP contribution < -0.4 is 0 Å². The summed E-state index contributed by atoms with van der Waals surface area (Å²) in [5.41, 5.74) is -1.55. The Morgan fingerprint density at radius 2 is 1.23 bits per heavy atom. The van der Waals surface area contributed by atoms with Crippen LogP contribution in [0.1, 0.15) is 58.6 Å². The molecule has 0 bridgehead atoms. The molecule has 0 aliphatic carbocycles. The topological polar surface area (TPSA) is 52.6 Å². The Morgan fingerprint density at radius 3 is 1.61 bits per heavy atom. The first-order valence-electron chi connectivity index (χ1n) is 10.6. The van der Waals surface area contributed by atoms with Crippen molar-refractivity contribution < 1.29 is 19.1 Å². The van der Waals surface area contributed by atoms with Crippen LogP contribution in [0.5, 0.6) is 0 Å². The summed E-state index contributed by atoms with van der Waals surface area (Å²) in [6, 6.07) is 18.9. The van der Waals surface area contributed by atoms with Gasteiger partial charge in [-0.05, 0) is 52.7 Å². The van der Waals surface area contributed by atoms with Gasteiger partial charge in [0.1, 0.15) is 11.2 Å². The zero-order valence-corrected chi connectivity index (χ0v) is 19.5. The molecule has 0 N–H and O–H groups in total. The van der Waals surface area contributed by atoms with Crippen LogP contribution in [0.3, 0.4) is 0 Å². The predicted molar refractivity (Wildman–Crippen MR) is 124 cm³/mol. The van der Waals surface area contributed by atoms with Crippen molar-refractivity contribution >= 4 is 11.9 Å². The summed E-state index contributed by atoms with van der Waals surface area (Å²) in [6.45, 7) is 14.7. The number of esters is 2. The van der Waals surface area contributed by atoms with Gasteiger partial charge < -0.3 is 9.47 Å². The van der Waals surface area contributed by atoms with Crippen LogP contribution in [0.15, 0.2) is 73.3 Å². The molecule has 0 spiro atoms. The average molecular weight is 423 g/mol. The van der Waals surface area contributed by atoms with Crippen molar-refractivity contribution in [2.45, 2.75) is 65.1 Å². The molecule has 0 fully saturated rings. The lowest BCUT2D eigenvalue weighted by Crippen LogP contribution is -2.51. The predicted octanol–water partition coefficient (Wildman–Crippen LogP) is 5.87. The molecule has 0 aromatic heterocycles. The van der Waals surface area contributed by atoms with Gasteiger partial charge in [-0.15, -0.1) is 6.58 Å². The summed E-state index contributed by atoms with van der Waals surface area (Å²) in [6.07, 6.45) is 1.77. The van der Waals surface area contributed by atoms with E-state index in [4.69, 9.17) is 9.47 Å². The van der Waals surface area contributed by atoms with E-state index < -0.39 is 34.5 Å². The van der Waals surface area contributed by atoms with Gasteiger partial charge in [-0.1, -0.05) is 66.7 Å². The smallest absolute Gasteiger partial charge is 0.325 e. The summed E-state index contributed by atoms with van der Waals surface area (Å²) in [4.78, 5) is 27.6. The first kappa shape index (κ1) is 24.4. The number of rotatable bonds is 7. The fraction of sp³-hybridized carbons (Fsp3) is 0.407. The summed E-state index contributed by atoms with van der Waals surface area (Å²) >= 11 is 0. The molecule has 2 rings (SSSR count). The largest absolute Gasteiger partial charge is 0.459 e. The van der Waals surface area contributed by atoms with E-state index in [9.17, 15) is 9.59 Å². The Labute approximate surface area is 186 Å². The summed E-state index contributed by atoms with van der Waals surface area (Å²) in [7, 11) is 0. The third kappa shape index (κ3) is 6.30. The van der Waals surface area contributed by atoms with Crippen LogP contribution >= 0.6 is 0 Å². The lowest BCUT2D eigenvalue weighted by molar-refractivity contribution is -0.186. The molecule has 4 nitrogen and oxygen atoms in total. The molecule has 0 radical (unpaired) electrons. The van der Waals surface area contributed by atoms with Crippen LogP contribution in [0.25, 0.3) is 0 Å². The van der Waals surface area contributed by atoms with E-state index in [1.165, 1.54) is 0 Å². The second kappa shape index (κ2) is 9.51. The van der Waals surface area contributed by atoms with Gasteiger partial charge in [0.25, 0.3) is 0 Å². The van der Waals surface area contributed by atoms with E-state index in [1.54, 1.807) is 47.6 Å². The number of carbonyl (C=O) groups excluding carboxylic acids is 2. The maximum atomic E-state index is 13.8. The molecule has 2 aromatic rings. The van der Waals surface area contributed by atoms with Gasteiger partial charge in [0.15, 0.2) is 5.41 Å². The third-order valence-corrected chi connectivity index (χ3v) is 4.78. The molecule has 31 heavy (non-hydrogen) atoms. The zero-order valence-electron chi connectivity index (χ0n) is 19.5. The fourth-order valence-corrected chi connectivity index (χ4v) is 3.53. The molecule has 0 saturated heterocycles. The van der Waals surface area contributed by atoms with Crippen molar-refractivity contribution in [2.24, 2.45) is 5.41 Å². The maximum Gasteiger partial charge on any atom is 0.325 e. The highest BCUT2D eigenvalue weighted by Gasteiger charge is 2.56. The first-order valence-corrected chi connectivity index (χ1v) is 10.6. The van der Waals surface area contributed by atoms with Gasteiger partial charge in [-0.2, -0.15) is 0 Å². The summed E-state index contributed by atoms with van der Waals surface area (Å²) < 4.78 is 11.7. The molecule has 4 heteroatoms. The van der Waals surface area contributed by atoms with Gasteiger partial charge >= 0.3 is 11.9 Å². The number of allylic oxidation sites excluding steroid dienone is 1. The van der Waals surface area contributed by atoms with E-state index in [0.717, 1.165) is 11.1 Å². The minimum atomic E-state index is -1.63.